The zero-order chi connectivity index (χ0) is 21.1. The number of aromatic nitrogens is 5. The van der Waals surface area contributed by atoms with E-state index in [9.17, 15) is 4.79 Å². The van der Waals surface area contributed by atoms with Crippen molar-refractivity contribution < 1.29 is 9.47 Å². The van der Waals surface area contributed by atoms with Crippen LogP contribution in [0.3, 0.4) is 0 Å². The molecule has 0 amide bonds. The number of hydrogen-bond donors (Lipinski definition) is 0. The van der Waals surface area contributed by atoms with Crippen LogP contribution < -0.4 is 15.2 Å². The van der Waals surface area contributed by atoms with Crippen LogP contribution in [0.2, 0.25) is 5.02 Å². The lowest BCUT2D eigenvalue weighted by atomic mass is 10.1. The van der Waals surface area contributed by atoms with Crippen LogP contribution in [0.15, 0.2) is 65.5 Å². The largest absolute Gasteiger partial charge is 0.497 e. The highest BCUT2D eigenvalue weighted by molar-refractivity contribution is 6.31. The summed E-state index contributed by atoms with van der Waals surface area (Å²) < 4.78 is 13.4. The topological polar surface area (TPSA) is 84.1 Å². The smallest absolute Gasteiger partial charge is 0.368 e. The van der Waals surface area contributed by atoms with Crippen molar-refractivity contribution in [1.29, 1.82) is 0 Å². The molecule has 0 saturated heterocycles. The summed E-state index contributed by atoms with van der Waals surface area (Å²) in [4.78, 5) is 16.8. The maximum Gasteiger partial charge on any atom is 0.368 e. The van der Waals surface area contributed by atoms with Crippen molar-refractivity contribution in [2.45, 2.75) is 6.61 Å². The fraction of sp³-hybridized carbons (Fsp3) is 0.143. The molecule has 8 nitrogen and oxygen atoms in total. The van der Waals surface area contributed by atoms with Gasteiger partial charge >= 0.3 is 5.69 Å². The maximum absolute atomic E-state index is 12.2. The molecule has 0 aliphatic rings. The minimum atomic E-state index is -0.377. The third kappa shape index (κ3) is 3.90. The van der Waals surface area contributed by atoms with Crippen LogP contribution in [0.1, 0.15) is 5.56 Å². The van der Waals surface area contributed by atoms with Crippen molar-refractivity contribution >= 4 is 11.6 Å². The van der Waals surface area contributed by atoms with Crippen LogP contribution in [0.4, 0.5) is 0 Å². The van der Waals surface area contributed by atoms with Gasteiger partial charge in [0.05, 0.1) is 18.5 Å². The number of rotatable bonds is 6. The van der Waals surface area contributed by atoms with Gasteiger partial charge in [0.1, 0.15) is 12.4 Å². The van der Waals surface area contributed by atoms with E-state index in [2.05, 4.69) is 15.4 Å². The predicted octanol–water partition coefficient (Wildman–Crippen LogP) is 3.27. The van der Waals surface area contributed by atoms with Gasteiger partial charge in [0.15, 0.2) is 0 Å². The summed E-state index contributed by atoms with van der Waals surface area (Å²) in [6.45, 7) is 0.108. The van der Waals surface area contributed by atoms with Gasteiger partial charge in [-0.05, 0) is 52.9 Å². The van der Waals surface area contributed by atoms with Crippen LogP contribution in [0.25, 0.3) is 16.9 Å². The van der Waals surface area contributed by atoms with Gasteiger partial charge in [0, 0.05) is 29.3 Å². The molecule has 0 spiro atoms. The van der Waals surface area contributed by atoms with E-state index in [1.54, 1.807) is 31.4 Å². The fourth-order valence-corrected chi connectivity index (χ4v) is 3.14. The molecule has 0 N–H and O–H groups in total. The molecule has 9 heteroatoms. The first-order valence-corrected chi connectivity index (χ1v) is 9.45. The highest BCUT2D eigenvalue weighted by atomic mass is 35.5. The van der Waals surface area contributed by atoms with Gasteiger partial charge in [-0.3, -0.25) is 0 Å². The van der Waals surface area contributed by atoms with E-state index in [-0.39, 0.29) is 12.3 Å². The fourth-order valence-electron chi connectivity index (χ4n) is 2.92. The molecule has 2 heterocycles. The summed E-state index contributed by atoms with van der Waals surface area (Å²) in [7, 11) is 3.15. The second-order valence-electron chi connectivity index (χ2n) is 6.41. The van der Waals surface area contributed by atoms with Gasteiger partial charge < -0.3 is 9.47 Å². The van der Waals surface area contributed by atoms with E-state index < -0.39 is 0 Å². The molecule has 4 aromatic rings. The predicted molar refractivity (Wildman–Crippen MR) is 112 cm³/mol. The lowest BCUT2D eigenvalue weighted by Crippen LogP contribution is -2.23. The molecule has 2 aromatic heterocycles. The first-order chi connectivity index (χ1) is 14.6. The summed E-state index contributed by atoms with van der Waals surface area (Å²) in [5, 5.41) is 8.09. The summed E-state index contributed by atoms with van der Waals surface area (Å²) >= 11 is 6.38. The number of halogens is 1. The third-order valence-electron chi connectivity index (χ3n) is 4.52. The Labute approximate surface area is 177 Å². The number of ether oxygens (including phenoxy) is 2. The van der Waals surface area contributed by atoms with Gasteiger partial charge in [0.2, 0.25) is 5.88 Å². The normalized spacial score (nSPS) is 10.8. The van der Waals surface area contributed by atoms with Crippen molar-refractivity contribution in [3.05, 3.63) is 81.7 Å². The van der Waals surface area contributed by atoms with Crippen molar-refractivity contribution in [1.82, 2.24) is 24.8 Å². The SMILES string of the molecule is COc1ccc(-c2cccc(OCc3c(Cl)cccc3-n3nnn(C)c3=O)n2)cc1. The first-order valence-electron chi connectivity index (χ1n) is 9.08. The molecule has 4 rings (SSSR count). The van der Waals surface area contributed by atoms with E-state index in [4.69, 9.17) is 21.1 Å². The van der Waals surface area contributed by atoms with Crippen molar-refractivity contribution in [3.8, 4) is 28.6 Å². The number of methoxy groups -OCH3 is 1. The van der Waals surface area contributed by atoms with Gasteiger partial charge in [-0.15, -0.1) is 0 Å². The Balaban J connectivity index is 1.60. The average Bonchev–Trinajstić information content (AvgIpc) is 3.11. The van der Waals surface area contributed by atoms with Crippen LogP contribution in [0, 0.1) is 0 Å². The number of tetrazole rings is 1. The van der Waals surface area contributed by atoms with Gasteiger partial charge in [0.25, 0.3) is 0 Å². The Bertz CT molecular complexity index is 1230. The van der Waals surface area contributed by atoms with E-state index in [1.807, 2.05) is 36.4 Å². The number of pyridine rings is 1. The molecule has 0 saturated carbocycles. The minimum Gasteiger partial charge on any atom is -0.497 e. The van der Waals surface area contributed by atoms with Crippen LogP contribution in [-0.4, -0.2) is 31.9 Å². The summed E-state index contributed by atoms with van der Waals surface area (Å²) in [6.07, 6.45) is 0. The maximum atomic E-state index is 12.2. The Morgan fingerprint density at radius 3 is 2.47 bits per heavy atom. The molecule has 0 unspecified atom stereocenters. The zero-order valence-electron chi connectivity index (χ0n) is 16.3. The molecule has 0 aliphatic carbocycles. The summed E-state index contributed by atoms with van der Waals surface area (Å²) in [6, 6.07) is 18.3. The highest BCUT2D eigenvalue weighted by Crippen LogP contribution is 2.26. The Kier molecular flexibility index (Phi) is 5.49. The van der Waals surface area contributed by atoms with E-state index in [0.29, 0.717) is 22.2 Å². The first kappa shape index (κ1) is 19.7. The molecular formula is C21H18ClN5O3. The van der Waals surface area contributed by atoms with E-state index >= 15 is 0 Å². The number of nitrogens with zero attached hydrogens (tertiary/aromatic N) is 5. The van der Waals surface area contributed by atoms with Crippen LogP contribution in [-0.2, 0) is 13.7 Å². The second-order valence-corrected chi connectivity index (χ2v) is 6.82. The molecule has 0 aliphatic heterocycles. The van der Waals surface area contributed by atoms with Crippen LogP contribution in [0.5, 0.6) is 11.6 Å². The number of hydrogen-bond acceptors (Lipinski definition) is 6. The van der Waals surface area contributed by atoms with Gasteiger partial charge in [-0.25, -0.2) is 9.78 Å². The Morgan fingerprint density at radius 1 is 1.00 bits per heavy atom. The van der Waals surface area contributed by atoms with E-state index in [0.717, 1.165) is 21.7 Å². The molecule has 0 bridgehead atoms. The molecular weight excluding hydrogens is 406 g/mol. The number of benzene rings is 2. The summed E-state index contributed by atoms with van der Waals surface area (Å²) in [5.41, 5.74) is 2.44. The van der Waals surface area contributed by atoms with Gasteiger partial charge in [-0.2, -0.15) is 9.36 Å². The highest BCUT2D eigenvalue weighted by Gasteiger charge is 2.15. The Hall–Kier alpha value is -3.65. The summed E-state index contributed by atoms with van der Waals surface area (Å²) in [5.74, 6) is 1.21. The van der Waals surface area contributed by atoms with Crippen LogP contribution >= 0.6 is 11.6 Å². The molecule has 30 heavy (non-hydrogen) atoms. The second kappa shape index (κ2) is 8.38. The standard InChI is InChI=1S/C21H18ClN5O3/c1-26-21(28)27(25-24-26)19-7-3-5-17(22)16(19)13-30-20-8-4-6-18(23-20)14-9-11-15(29-2)12-10-14/h3-12H,13H2,1-2H3. The Morgan fingerprint density at radius 2 is 1.77 bits per heavy atom. The molecule has 0 radical (unpaired) electrons. The van der Waals surface area contributed by atoms with Gasteiger partial charge in [-0.1, -0.05) is 23.7 Å². The lowest BCUT2D eigenvalue weighted by Gasteiger charge is -2.12. The minimum absolute atomic E-state index is 0.108. The molecule has 0 atom stereocenters. The van der Waals surface area contributed by atoms with Crippen molar-refractivity contribution in [2.75, 3.05) is 7.11 Å². The third-order valence-corrected chi connectivity index (χ3v) is 4.87. The molecule has 0 fully saturated rings. The zero-order valence-corrected chi connectivity index (χ0v) is 17.1. The lowest BCUT2D eigenvalue weighted by molar-refractivity contribution is 0.294. The van der Waals surface area contributed by atoms with E-state index in [1.165, 1.54) is 11.7 Å². The average molecular weight is 424 g/mol. The monoisotopic (exact) mass is 423 g/mol. The molecule has 152 valence electrons. The molecule has 2 aromatic carbocycles. The quantitative estimate of drug-likeness (QED) is 0.473. The van der Waals surface area contributed by atoms with Crippen molar-refractivity contribution in [2.24, 2.45) is 7.05 Å². The van der Waals surface area contributed by atoms with Crippen molar-refractivity contribution in [3.63, 3.8) is 0 Å². The number of aryl methyl sites for hydroxylation is 1.